The van der Waals surface area contributed by atoms with Gasteiger partial charge in [-0.25, -0.2) is 4.98 Å². The summed E-state index contributed by atoms with van der Waals surface area (Å²) in [6, 6.07) is 6.80. The third-order valence-electron chi connectivity index (χ3n) is 1.50. The van der Waals surface area contributed by atoms with Crippen LogP contribution in [0.4, 0.5) is 5.69 Å². The summed E-state index contributed by atoms with van der Waals surface area (Å²) in [7, 11) is 0. The molecule has 0 aliphatic rings. The van der Waals surface area contributed by atoms with Crippen LogP contribution < -0.4 is 5.73 Å². The molecule has 0 radical (unpaired) electrons. The van der Waals surface area contributed by atoms with Gasteiger partial charge in [0.25, 0.3) is 0 Å². The maximum atomic E-state index is 7.58. The van der Waals surface area contributed by atoms with Crippen molar-refractivity contribution in [2.75, 3.05) is 5.73 Å². The second-order valence-electron chi connectivity index (χ2n) is 2.37. The lowest BCUT2D eigenvalue weighted by atomic mass is 10.3. The van der Waals surface area contributed by atoms with Gasteiger partial charge < -0.3 is 10.3 Å². The van der Waals surface area contributed by atoms with Gasteiger partial charge in [0.2, 0.25) is 0 Å². The standard InChI is InChI=1S/C9H9N3/c10-8-2-1-3-9(6-8)12-5-4-11-7-12/h1-7H,10H2/i4D,5D,7D. The summed E-state index contributed by atoms with van der Waals surface area (Å²) in [6.07, 6.45) is -0.441. The van der Waals surface area contributed by atoms with Crippen molar-refractivity contribution in [1.82, 2.24) is 9.55 Å². The predicted molar refractivity (Wildman–Crippen MR) is 48.0 cm³/mol. The van der Waals surface area contributed by atoms with Gasteiger partial charge in [-0.1, -0.05) is 6.07 Å². The zero-order chi connectivity index (χ0) is 11.0. The van der Waals surface area contributed by atoms with Crippen LogP contribution in [0, 0.1) is 0 Å². The Morgan fingerprint density at radius 3 is 3.08 bits per heavy atom. The molecule has 0 aliphatic heterocycles. The Morgan fingerprint density at radius 2 is 2.42 bits per heavy atom. The lowest BCUT2D eigenvalue weighted by Crippen LogP contribution is -1.91. The molecule has 0 saturated heterocycles. The summed E-state index contributed by atoms with van der Waals surface area (Å²) in [4.78, 5) is 3.58. The summed E-state index contributed by atoms with van der Waals surface area (Å²) in [5.74, 6) is 0. The van der Waals surface area contributed by atoms with Crippen LogP contribution in [0.5, 0.6) is 0 Å². The number of hydrogen-bond donors (Lipinski definition) is 1. The van der Waals surface area contributed by atoms with Crippen LogP contribution in [-0.2, 0) is 0 Å². The molecule has 12 heavy (non-hydrogen) atoms. The molecule has 0 unspecified atom stereocenters. The summed E-state index contributed by atoms with van der Waals surface area (Å²) < 4.78 is 23.7. The number of rotatable bonds is 1. The molecule has 2 N–H and O–H groups in total. The minimum absolute atomic E-state index is 0.106. The molecular weight excluding hydrogens is 150 g/mol. The fourth-order valence-corrected chi connectivity index (χ4v) is 0.961. The molecule has 0 spiro atoms. The number of nitrogen functional groups attached to an aromatic ring is 1. The number of anilines is 1. The van der Waals surface area contributed by atoms with E-state index < -0.39 is 0 Å². The first-order valence-corrected chi connectivity index (χ1v) is 3.48. The van der Waals surface area contributed by atoms with Crippen molar-refractivity contribution < 1.29 is 4.11 Å². The van der Waals surface area contributed by atoms with E-state index in [0.717, 1.165) is 0 Å². The molecule has 0 atom stereocenters. The average molecular weight is 162 g/mol. The highest BCUT2D eigenvalue weighted by Crippen LogP contribution is 2.10. The van der Waals surface area contributed by atoms with Crippen LogP contribution in [-0.4, -0.2) is 9.55 Å². The third-order valence-corrected chi connectivity index (χ3v) is 1.50. The molecule has 1 heterocycles. The van der Waals surface area contributed by atoms with Gasteiger partial charge in [-0.15, -0.1) is 0 Å². The van der Waals surface area contributed by atoms with Gasteiger partial charge in [-0.3, -0.25) is 0 Å². The van der Waals surface area contributed by atoms with Crippen molar-refractivity contribution in [2.24, 2.45) is 0 Å². The molecule has 0 bridgehead atoms. The molecule has 3 heteroatoms. The van der Waals surface area contributed by atoms with Crippen molar-refractivity contribution in [3.8, 4) is 5.69 Å². The fourth-order valence-electron chi connectivity index (χ4n) is 0.961. The maximum absolute atomic E-state index is 7.58. The largest absolute Gasteiger partial charge is 0.399 e. The molecule has 0 aliphatic carbocycles. The highest BCUT2D eigenvalue weighted by Gasteiger charge is 1.93. The van der Waals surface area contributed by atoms with Crippen LogP contribution in [0.1, 0.15) is 4.11 Å². The van der Waals surface area contributed by atoms with Gasteiger partial charge >= 0.3 is 0 Å². The van der Waals surface area contributed by atoms with E-state index in [0.29, 0.717) is 11.4 Å². The Bertz CT molecular complexity index is 507. The molecule has 2 rings (SSSR count). The number of nitrogens with two attached hydrogens (primary N) is 1. The Morgan fingerprint density at radius 1 is 1.50 bits per heavy atom. The van der Waals surface area contributed by atoms with Crippen LogP contribution in [0.25, 0.3) is 5.69 Å². The number of imidazole rings is 1. The van der Waals surface area contributed by atoms with Crippen molar-refractivity contribution >= 4 is 5.69 Å². The van der Waals surface area contributed by atoms with Crippen LogP contribution in [0.15, 0.2) is 42.9 Å². The minimum atomic E-state index is -0.206. The average Bonchev–Trinajstić information content (AvgIpc) is 2.41. The SMILES string of the molecule is [2H]c1nc([2H])n(-c2cccc(N)c2)c1[2H]. The second kappa shape index (κ2) is 2.70. The van der Waals surface area contributed by atoms with E-state index >= 15 is 0 Å². The van der Waals surface area contributed by atoms with E-state index in [1.807, 2.05) is 0 Å². The van der Waals surface area contributed by atoms with Crippen LogP contribution in [0.2, 0.25) is 0 Å². The van der Waals surface area contributed by atoms with Gasteiger partial charge in [-0.05, 0) is 18.2 Å². The first-order chi connectivity index (χ1) is 7.09. The van der Waals surface area contributed by atoms with Crippen molar-refractivity contribution in [1.29, 1.82) is 0 Å². The molecule has 60 valence electrons. The van der Waals surface area contributed by atoms with Gasteiger partial charge in [0, 0.05) is 23.7 Å². The normalized spacial score (nSPS) is 13.5. The van der Waals surface area contributed by atoms with Gasteiger partial charge in [0.05, 0.1) is 9.04 Å². The number of aromatic nitrogens is 2. The first-order valence-electron chi connectivity index (χ1n) is 4.98. The lowest BCUT2D eigenvalue weighted by Gasteiger charge is -2.01. The van der Waals surface area contributed by atoms with Gasteiger partial charge in [0.1, 0.15) is 1.37 Å². The Kier molecular flexibility index (Phi) is 0.967. The molecule has 1 aromatic heterocycles. The van der Waals surface area contributed by atoms with Crippen molar-refractivity contribution in [3.05, 3.63) is 42.9 Å². The summed E-state index contributed by atoms with van der Waals surface area (Å²) >= 11 is 0. The van der Waals surface area contributed by atoms with E-state index in [9.17, 15) is 0 Å². The van der Waals surface area contributed by atoms with E-state index in [-0.39, 0.29) is 18.6 Å². The zero-order valence-electron chi connectivity index (χ0n) is 9.28. The highest BCUT2D eigenvalue weighted by atomic mass is 15.0. The van der Waals surface area contributed by atoms with Gasteiger partial charge in [-0.2, -0.15) is 0 Å². The lowest BCUT2D eigenvalue weighted by molar-refractivity contribution is 1.06. The molecule has 0 fully saturated rings. The van der Waals surface area contributed by atoms with E-state index in [4.69, 9.17) is 9.85 Å². The summed E-state index contributed by atoms with van der Waals surface area (Å²) in [6.45, 7) is 0. The van der Waals surface area contributed by atoms with Crippen molar-refractivity contribution in [3.63, 3.8) is 0 Å². The fraction of sp³-hybridized carbons (Fsp3) is 0. The predicted octanol–water partition coefficient (Wildman–Crippen LogP) is 1.45. The summed E-state index contributed by atoms with van der Waals surface area (Å²) in [5, 5.41) is 0. The Balaban J connectivity index is 2.63. The molecule has 0 saturated carbocycles. The molecular formula is C9H9N3. The Hall–Kier alpha value is -1.77. The smallest absolute Gasteiger partial charge is 0.105 e. The van der Waals surface area contributed by atoms with Crippen LogP contribution >= 0.6 is 0 Å². The quantitative estimate of drug-likeness (QED) is 0.645. The van der Waals surface area contributed by atoms with E-state index in [1.165, 1.54) is 4.57 Å². The zero-order valence-corrected chi connectivity index (χ0v) is 6.28. The van der Waals surface area contributed by atoms with Crippen molar-refractivity contribution in [2.45, 2.75) is 0 Å². The van der Waals surface area contributed by atoms with E-state index in [1.54, 1.807) is 24.3 Å². The molecule has 0 amide bonds. The monoisotopic (exact) mass is 162 g/mol. The topological polar surface area (TPSA) is 43.8 Å². The maximum Gasteiger partial charge on any atom is 0.105 e. The second-order valence-corrected chi connectivity index (χ2v) is 2.37. The number of benzene rings is 1. The highest BCUT2D eigenvalue weighted by molar-refractivity contribution is 5.47. The number of nitrogens with zero attached hydrogens (tertiary/aromatic N) is 2. The van der Waals surface area contributed by atoms with Gasteiger partial charge in [0.15, 0.2) is 0 Å². The third kappa shape index (κ3) is 1.16. The molecule has 2 aromatic rings. The Labute approximate surface area is 74.7 Å². The first kappa shape index (κ1) is 4.30. The van der Waals surface area contributed by atoms with E-state index in [2.05, 4.69) is 4.98 Å². The molecule has 1 aromatic carbocycles. The van der Waals surface area contributed by atoms with Crippen LogP contribution in [0.3, 0.4) is 0 Å². The minimum Gasteiger partial charge on any atom is -0.399 e. The number of hydrogen-bond acceptors (Lipinski definition) is 2. The molecule has 3 nitrogen and oxygen atoms in total. The summed E-state index contributed by atoms with van der Waals surface area (Å²) in [5.41, 5.74) is 6.73.